The van der Waals surface area contributed by atoms with E-state index in [1.54, 1.807) is 84.9 Å². The molecule has 4 aromatic rings. The molecular weight excluding hydrogens is 1860 g/mol. The fraction of sp³-hybridized carbons (Fsp3) is 0.522. The van der Waals surface area contributed by atoms with Crippen LogP contribution in [0.4, 0.5) is 0 Å². The van der Waals surface area contributed by atoms with Crippen LogP contribution >= 0.6 is 43.2 Å². The van der Waals surface area contributed by atoms with Gasteiger partial charge in [0.1, 0.15) is 11.5 Å². The summed E-state index contributed by atoms with van der Waals surface area (Å²) in [5, 5.41) is 61.1. The Kier molecular flexibility index (Phi) is 50.8. The number of carboxylic acid groups (broad SMARTS) is 2. The van der Waals surface area contributed by atoms with Gasteiger partial charge in [-0.15, -0.1) is 0 Å². The fourth-order valence-electron chi connectivity index (χ4n) is 14.2. The molecule has 6 rings (SSSR count). The molecule has 2 aliphatic rings. The molecule has 2 saturated heterocycles. The third-order valence-corrected chi connectivity index (χ3v) is 28.6. The highest BCUT2D eigenvalue weighted by Gasteiger charge is 2.39. The molecule has 138 heavy (non-hydrogen) atoms. The smallest absolute Gasteiger partial charge is 0.306 e. The molecule has 0 spiro atoms. The molecule has 0 aliphatic carbocycles. The summed E-state index contributed by atoms with van der Waals surface area (Å²) in [6.45, 7) is 7.98. The van der Waals surface area contributed by atoms with Crippen molar-refractivity contribution < 1.29 is 97.1 Å². The molecular formula is C92H134N22O20S4. The molecule has 2 aliphatic heterocycles. The van der Waals surface area contributed by atoms with Crippen molar-refractivity contribution in [3.05, 3.63) is 131 Å². The van der Waals surface area contributed by atoms with Crippen LogP contribution in [0, 0.1) is 23.7 Å². The lowest BCUT2D eigenvalue weighted by atomic mass is 9.90. The molecule has 12 atom stereocenters. The van der Waals surface area contributed by atoms with Crippen LogP contribution in [0.2, 0.25) is 0 Å². The van der Waals surface area contributed by atoms with Crippen LogP contribution in [0.15, 0.2) is 129 Å². The number of carboxylic acids is 2. The number of phenols is 2. The molecule has 46 heteroatoms. The lowest BCUT2D eigenvalue weighted by molar-refractivity contribution is -0.145. The number of aliphatic carboxylic acids is 2. The Morgan fingerprint density at radius 2 is 0.768 bits per heavy atom. The van der Waals surface area contributed by atoms with E-state index in [4.69, 9.17) is 57.3 Å². The Morgan fingerprint density at radius 3 is 1.15 bits per heavy atom. The summed E-state index contributed by atoms with van der Waals surface area (Å²) in [6.07, 6.45) is -2.93. The van der Waals surface area contributed by atoms with E-state index in [2.05, 4.69) is 62.5 Å². The zero-order valence-electron chi connectivity index (χ0n) is 78.0. The van der Waals surface area contributed by atoms with Gasteiger partial charge in [-0.25, -0.2) is 0 Å². The maximum Gasteiger partial charge on any atom is 0.306 e. The minimum Gasteiger partial charge on any atom is -0.508 e. The van der Waals surface area contributed by atoms with Crippen molar-refractivity contribution in [1.82, 2.24) is 42.5 Å². The Morgan fingerprint density at radius 1 is 0.420 bits per heavy atom. The topological polar surface area (TPSA) is 760 Å². The second-order valence-corrected chi connectivity index (χ2v) is 41.0. The van der Waals surface area contributed by atoms with Gasteiger partial charge in [-0.3, -0.25) is 96.7 Å². The number of rotatable bonds is 40. The largest absolute Gasteiger partial charge is 0.508 e. The summed E-state index contributed by atoms with van der Waals surface area (Å²) >= 11 is 0. The maximum atomic E-state index is 14.4. The molecule has 2 fully saturated rings. The fourth-order valence-corrected chi connectivity index (χ4v) is 19.7. The van der Waals surface area contributed by atoms with Gasteiger partial charge in [-0.05, 0) is 151 Å². The van der Waals surface area contributed by atoms with E-state index in [9.17, 15) is 97.1 Å². The van der Waals surface area contributed by atoms with E-state index in [-0.39, 0.29) is 182 Å². The van der Waals surface area contributed by atoms with Crippen LogP contribution in [0.25, 0.3) is 0 Å². The number of carbonyl (C=O) groups is 16. The number of ketones is 6. The highest BCUT2D eigenvalue weighted by Crippen LogP contribution is 2.38. The minimum absolute atomic E-state index is 0.00872. The number of benzene rings is 4. The number of phenolic OH excluding ortho intramolecular Hbond substituents is 2. The van der Waals surface area contributed by atoms with Crippen molar-refractivity contribution in [1.29, 1.82) is 0 Å². The number of Topliss-reactive ketones (excluding diaryl/α,β-unsaturated/α-hetero) is 6. The van der Waals surface area contributed by atoms with Gasteiger partial charge in [0, 0.05) is 118 Å². The average Bonchev–Trinajstić information content (AvgIpc) is 0.838. The normalized spacial score (nSPS) is 19.7. The Bertz CT molecular complexity index is 4870. The third-order valence-electron chi connectivity index (χ3n) is 21.9. The number of hydrogen-bond acceptors (Lipinski definition) is 28. The van der Waals surface area contributed by atoms with E-state index < -0.39 is 220 Å². The second kappa shape index (κ2) is 60.3. The Labute approximate surface area is 817 Å². The SMILES string of the molecule is CC1(C)CNC(=O)CC(C(=O)NC(CCCN=C(N)N)C(=O)CC(CCCN=C(N)N)C(=O)O)CC(=O)C(Cc2ccccc2)NC(=O)CCC(=O)C(NC(=O)C(N)Cc2ccc(O)cc2)CSS1.CC1(C)CNC(=O)CC(NC(=O)C(N)Cc2ccc(O)cc2)C(=O)CCC(=O)NC(Cc2ccccc2)C(=O)CC(C(=O)NC(CCCN=C(N)N)C(=O)CC(CCCN=C(N)N)C(=O)O)CSS1. The molecule has 0 bridgehead atoms. The number of carbonyl (C=O) groups excluding carboxylic acids is 14. The molecule has 32 N–H and O–H groups in total. The molecule has 4 aromatic carbocycles. The molecule has 756 valence electrons. The summed E-state index contributed by atoms with van der Waals surface area (Å²) in [5.41, 5.74) is 58.6. The number of guanidine groups is 4. The van der Waals surface area contributed by atoms with Crippen molar-refractivity contribution in [3.8, 4) is 11.5 Å². The van der Waals surface area contributed by atoms with Crippen LogP contribution in [-0.4, -0.2) is 247 Å². The summed E-state index contributed by atoms with van der Waals surface area (Å²) in [4.78, 5) is 234. The predicted octanol–water partition coefficient (Wildman–Crippen LogP) is 0.662. The first-order valence-electron chi connectivity index (χ1n) is 45.2. The van der Waals surface area contributed by atoms with Crippen molar-refractivity contribution in [3.63, 3.8) is 0 Å². The van der Waals surface area contributed by atoms with E-state index in [1.807, 2.05) is 27.7 Å². The number of aromatic hydroxyl groups is 2. The van der Waals surface area contributed by atoms with Gasteiger partial charge >= 0.3 is 11.9 Å². The van der Waals surface area contributed by atoms with Crippen LogP contribution in [0.3, 0.4) is 0 Å². The minimum atomic E-state index is -1.36. The van der Waals surface area contributed by atoms with Gasteiger partial charge in [0.15, 0.2) is 58.5 Å². The zero-order valence-corrected chi connectivity index (χ0v) is 81.3. The second-order valence-electron chi connectivity index (χ2n) is 34.9. The van der Waals surface area contributed by atoms with Gasteiger partial charge < -0.3 is 120 Å². The number of hydrogen-bond donors (Lipinski definition) is 22. The van der Waals surface area contributed by atoms with Crippen molar-refractivity contribution in [2.45, 2.75) is 227 Å². The first-order chi connectivity index (χ1) is 65.2. The maximum absolute atomic E-state index is 14.4. The van der Waals surface area contributed by atoms with E-state index >= 15 is 0 Å². The van der Waals surface area contributed by atoms with Crippen LogP contribution in [0.1, 0.15) is 166 Å². The Hall–Kier alpha value is -12.4. The summed E-state index contributed by atoms with van der Waals surface area (Å²) < 4.78 is -1.36. The van der Waals surface area contributed by atoms with Crippen molar-refractivity contribution >= 4 is 161 Å². The highest BCUT2D eigenvalue weighted by atomic mass is 33.1. The number of nitrogens with zero attached hydrogens (tertiary/aromatic N) is 4. The van der Waals surface area contributed by atoms with Crippen LogP contribution < -0.4 is 99.9 Å². The van der Waals surface area contributed by atoms with Gasteiger partial charge in [0.25, 0.3) is 0 Å². The molecule has 8 amide bonds. The quantitative estimate of drug-likeness (QED) is 0.0126. The lowest BCUT2D eigenvalue weighted by Gasteiger charge is -2.27. The molecule has 42 nitrogen and oxygen atoms in total. The van der Waals surface area contributed by atoms with Crippen molar-refractivity contribution in [2.24, 2.45) is 101 Å². The lowest BCUT2D eigenvalue weighted by Crippen LogP contribution is -2.51. The van der Waals surface area contributed by atoms with E-state index in [0.717, 1.165) is 0 Å². The van der Waals surface area contributed by atoms with Crippen LogP contribution in [-0.2, 0) is 102 Å². The standard InChI is InChI=1S/2C46H67N11O10S2/c1-46(2)26-54-40(63)24-35(57-42(65)32(47)20-28-12-14-31(58)15-13-28)36(59)16-17-39(62)55-34(21-27-8-4-3-5-9-27)38(61)23-30(25-68-69-46)41(64)56-33(11-7-19-53-45(50)51)37(60)22-29(43(66)67)10-6-18-52-44(48)49;1-46(2)26-54-40(63)24-30(41(64)56-33(11-7-19-53-45(50)51)37(60)22-29(43(66)67)10-6-18-52-44(48)49)23-38(61)34(21-27-8-4-3-5-9-27)55-39(62)17-16-36(59)35(25-68-69-46)57-42(65)32(47)20-28-12-14-31(58)15-13-28/h2*3-5,8-9,12-15,29-30,32-35,58H,6-7,10-11,16-26,47H2,1-2H3,(H,54,63)(H,55,62)(H,56,64)(H,57,65)(H,66,67)(H4,48,49,52)(H4,50,51,53). The summed E-state index contributed by atoms with van der Waals surface area (Å²) in [6, 6.07) is 20.5. The number of aliphatic imine (C=N–C) groups is 4. The average molecular weight is 2000 g/mol. The molecule has 0 saturated carbocycles. The zero-order chi connectivity index (χ0) is 102. The highest BCUT2D eigenvalue weighted by molar-refractivity contribution is 8.77. The molecule has 12 unspecified atom stereocenters. The molecule has 2 heterocycles. The first kappa shape index (κ1) is 116. The molecule has 0 radical (unpaired) electrons. The monoisotopic (exact) mass is 1990 g/mol. The third kappa shape index (κ3) is 46.6. The summed E-state index contributed by atoms with van der Waals surface area (Å²) in [7, 11) is 5.14. The van der Waals surface area contributed by atoms with E-state index in [1.165, 1.54) is 67.4 Å². The summed E-state index contributed by atoms with van der Waals surface area (Å²) in [5.74, 6) is -16.3. The van der Waals surface area contributed by atoms with Gasteiger partial charge in [0.2, 0.25) is 47.3 Å². The number of nitrogens with one attached hydrogen (secondary N) is 8. The van der Waals surface area contributed by atoms with Crippen molar-refractivity contribution in [2.75, 3.05) is 50.8 Å². The Balaban J connectivity index is 0.000000487. The van der Waals surface area contributed by atoms with Gasteiger partial charge in [-0.1, -0.05) is 128 Å². The molecule has 0 aromatic heterocycles. The van der Waals surface area contributed by atoms with Gasteiger partial charge in [-0.2, -0.15) is 0 Å². The first-order valence-corrected chi connectivity index (χ1v) is 49.8. The number of nitrogens with two attached hydrogens (primary N) is 10. The van der Waals surface area contributed by atoms with Gasteiger partial charge in [0.05, 0.1) is 78.4 Å². The van der Waals surface area contributed by atoms with Crippen LogP contribution in [0.5, 0.6) is 11.5 Å². The van der Waals surface area contributed by atoms with E-state index in [0.29, 0.717) is 22.3 Å². The number of amides is 8. The predicted molar refractivity (Wildman–Crippen MR) is 531 cm³/mol.